The second kappa shape index (κ2) is 6.77. The van der Waals surface area contributed by atoms with Crippen molar-refractivity contribution in [3.8, 4) is 0 Å². The molecule has 0 aromatic rings. The van der Waals surface area contributed by atoms with E-state index in [-0.39, 0.29) is 0 Å². The van der Waals surface area contributed by atoms with E-state index in [1.54, 1.807) is 0 Å². The summed E-state index contributed by atoms with van der Waals surface area (Å²) in [6.45, 7) is 10.0. The van der Waals surface area contributed by atoms with E-state index in [2.05, 4.69) is 44.2 Å². The van der Waals surface area contributed by atoms with Crippen LogP contribution in [0.5, 0.6) is 0 Å². The quantitative estimate of drug-likeness (QED) is 0.590. The molecule has 0 saturated carbocycles. The Labute approximate surface area is 99.6 Å². The van der Waals surface area contributed by atoms with Gasteiger partial charge in [0.1, 0.15) is 18.0 Å². The van der Waals surface area contributed by atoms with Crippen LogP contribution in [0.1, 0.15) is 53.4 Å². The second-order valence-electron chi connectivity index (χ2n) is 5.59. The largest absolute Gasteiger partial charge is 0.222 e. The summed E-state index contributed by atoms with van der Waals surface area (Å²) in [5.74, 6) is 1.54. The Morgan fingerprint density at radius 1 is 1.12 bits per heavy atom. The van der Waals surface area contributed by atoms with E-state index in [1.807, 2.05) is 4.68 Å². The molecule has 1 atom stereocenters. The van der Waals surface area contributed by atoms with Gasteiger partial charge in [0.25, 0.3) is 0 Å². The first-order chi connectivity index (χ1) is 7.58. The Balaban J connectivity index is 2.20. The molecule has 1 heterocycles. The third-order valence-electron chi connectivity index (χ3n) is 2.88. The van der Waals surface area contributed by atoms with Gasteiger partial charge in [-0.05, 0) is 24.7 Å². The van der Waals surface area contributed by atoms with Gasteiger partial charge in [-0.3, -0.25) is 0 Å². The molecule has 1 rings (SSSR count). The summed E-state index contributed by atoms with van der Waals surface area (Å²) in [6.07, 6.45) is 7.08. The maximum atomic E-state index is 4.29. The lowest BCUT2D eigenvalue weighted by molar-refractivity contribution is -0.533. The smallest absolute Gasteiger partial charge is 0.137 e. The predicted molar refractivity (Wildman–Crippen MR) is 68.0 cm³/mol. The van der Waals surface area contributed by atoms with Crippen LogP contribution in [0.2, 0.25) is 0 Å². The molecule has 92 valence electrons. The lowest BCUT2D eigenvalue weighted by Gasteiger charge is -2.02. The summed E-state index contributed by atoms with van der Waals surface area (Å²) in [7, 11) is 0. The van der Waals surface area contributed by atoms with Gasteiger partial charge in [0.05, 0.1) is 0 Å². The zero-order chi connectivity index (χ0) is 12.0. The molecular weight excluding hydrogens is 198 g/mol. The first-order valence-electron chi connectivity index (χ1n) is 6.60. The minimum absolute atomic E-state index is 0.339. The molecule has 1 aliphatic heterocycles. The monoisotopic (exact) mass is 224 g/mol. The second-order valence-corrected chi connectivity index (χ2v) is 5.59. The highest BCUT2D eigenvalue weighted by molar-refractivity contribution is 5.59. The lowest BCUT2D eigenvalue weighted by Crippen LogP contribution is -2.12. The molecule has 0 aromatic carbocycles. The van der Waals surface area contributed by atoms with Gasteiger partial charge in [-0.1, -0.05) is 34.1 Å². The van der Waals surface area contributed by atoms with Crippen molar-refractivity contribution >= 4 is 6.21 Å². The van der Waals surface area contributed by atoms with E-state index in [9.17, 15) is 0 Å². The summed E-state index contributed by atoms with van der Waals surface area (Å²) in [4.78, 5) is 0. The van der Waals surface area contributed by atoms with Crippen LogP contribution >= 0.6 is 0 Å². The van der Waals surface area contributed by atoms with E-state index in [0.29, 0.717) is 6.04 Å². The molecule has 0 fully saturated rings. The maximum Gasteiger partial charge on any atom is 0.222 e. The van der Waals surface area contributed by atoms with Crippen molar-refractivity contribution < 1.29 is 4.68 Å². The van der Waals surface area contributed by atoms with E-state index in [0.717, 1.165) is 24.8 Å². The fraction of sp³-hybridized carbons (Fsp3) is 0.923. The van der Waals surface area contributed by atoms with Gasteiger partial charge in [-0.15, -0.1) is 4.68 Å². The van der Waals surface area contributed by atoms with E-state index in [1.165, 1.54) is 19.3 Å². The Morgan fingerprint density at radius 2 is 1.81 bits per heavy atom. The molecule has 0 bridgehead atoms. The lowest BCUT2D eigenvalue weighted by atomic mass is 10.0. The Hall–Kier alpha value is -0.730. The summed E-state index contributed by atoms with van der Waals surface area (Å²) >= 11 is 0. The van der Waals surface area contributed by atoms with Crippen LogP contribution in [0.4, 0.5) is 0 Å². The molecule has 0 N–H and O–H groups in total. The van der Waals surface area contributed by atoms with Gasteiger partial charge in [0, 0.05) is 11.5 Å². The maximum absolute atomic E-state index is 4.29. The predicted octanol–water partition coefficient (Wildman–Crippen LogP) is 3.69. The van der Waals surface area contributed by atoms with Gasteiger partial charge in [-0.25, -0.2) is 0 Å². The molecule has 0 aromatic heterocycles. The summed E-state index contributed by atoms with van der Waals surface area (Å²) < 4.78 is 2.01. The van der Waals surface area contributed by atoms with Gasteiger partial charge in [0.2, 0.25) is 6.04 Å². The Morgan fingerprint density at radius 3 is 2.44 bits per heavy atom. The summed E-state index contributed by atoms with van der Waals surface area (Å²) in [5, 5.41) is 8.48. The molecule has 0 saturated heterocycles. The van der Waals surface area contributed by atoms with Crippen LogP contribution in [-0.4, -0.2) is 23.5 Å². The highest BCUT2D eigenvalue weighted by atomic mass is 15.5. The average Bonchev–Trinajstić information content (AvgIpc) is 2.62. The van der Waals surface area contributed by atoms with Gasteiger partial charge < -0.3 is 0 Å². The molecule has 1 unspecified atom stereocenters. The average molecular weight is 224 g/mol. The zero-order valence-electron chi connectivity index (χ0n) is 11.2. The van der Waals surface area contributed by atoms with Crippen molar-refractivity contribution in [2.24, 2.45) is 22.2 Å². The van der Waals surface area contributed by atoms with E-state index >= 15 is 0 Å². The van der Waals surface area contributed by atoms with Crippen LogP contribution in [0.25, 0.3) is 0 Å². The summed E-state index contributed by atoms with van der Waals surface area (Å²) in [6, 6.07) is 0.339. The summed E-state index contributed by atoms with van der Waals surface area (Å²) in [5.41, 5.74) is 0. The van der Waals surface area contributed by atoms with Crippen LogP contribution in [0, 0.1) is 11.8 Å². The number of hydrogen-bond acceptors (Lipinski definition) is 2. The molecule has 16 heavy (non-hydrogen) atoms. The van der Waals surface area contributed by atoms with Gasteiger partial charge >= 0.3 is 0 Å². The van der Waals surface area contributed by atoms with Crippen LogP contribution in [0.15, 0.2) is 10.3 Å². The standard InChI is InChI=1S/C13H26N3/c1-11(2)6-5-7-13-10-16(15-14-13)9-8-12(3)4/h10-13H,5-9H2,1-4H3/q+1. The number of rotatable bonds is 7. The first-order valence-corrected chi connectivity index (χ1v) is 6.60. The van der Waals surface area contributed by atoms with Gasteiger partial charge in [-0.2, -0.15) is 0 Å². The van der Waals surface area contributed by atoms with Crippen LogP contribution in [0.3, 0.4) is 0 Å². The minimum Gasteiger partial charge on any atom is -0.137 e. The van der Waals surface area contributed by atoms with Crippen LogP contribution < -0.4 is 0 Å². The minimum atomic E-state index is 0.339. The van der Waals surface area contributed by atoms with E-state index in [4.69, 9.17) is 0 Å². The fourth-order valence-corrected chi connectivity index (χ4v) is 1.77. The van der Waals surface area contributed by atoms with Crippen molar-refractivity contribution in [3.05, 3.63) is 0 Å². The molecule has 0 spiro atoms. The molecule has 0 aliphatic carbocycles. The zero-order valence-corrected chi connectivity index (χ0v) is 11.2. The van der Waals surface area contributed by atoms with Crippen LogP contribution in [-0.2, 0) is 0 Å². The van der Waals surface area contributed by atoms with Gasteiger partial charge in [0.15, 0.2) is 0 Å². The SMILES string of the molecule is CC(C)CCCC1C=[N+](CCC(C)C)N=N1. The highest BCUT2D eigenvalue weighted by Gasteiger charge is 2.21. The molecular formula is C13H26N3+. The Bertz CT molecular complexity index is 254. The van der Waals surface area contributed by atoms with Crippen molar-refractivity contribution in [2.75, 3.05) is 6.54 Å². The molecule has 3 nitrogen and oxygen atoms in total. The van der Waals surface area contributed by atoms with E-state index < -0.39 is 0 Å². The van der Waals surface area contributed by atoms with Crippen molar-refractivity contribution in [3.63, 3.8) is 0 Å². The molecule has 0 amide bonds. The van der Waals surface area contributed by atoms with Crippen molar-refractivity contribution in [1.29, 1.82) is 0 Å². The molecule has 1 aliphatic rings. The fourth-order valence-electron chi connectivity index (χ4n) is 1.77. The molecule has 0 radical (unpaired) electrons. The topological polar surface area (TPSA) is 27.7 Å². The third kappa shape index (κ3) is 5.38. The van der Waals surface area contributed by atoms with Crippen molar-refractivity contribution in [1.82, 2.24) is 0 Å². The number of nitrogens with zero attached hydrogens (tertiary/aromatic N) is 3. The third-order valence-corrected chi connectivity index (χ3v) is 2.88. The molecule has 3 heteroatoms. The first kappa shape index (κ1) is 13.3. The normalized spacial score (nSPS) is 19.9. The number of hydrogen-bond donors (Lipinski definition) is 0. The highest BCUT2D eigenvalue weighted by Crippen LogP contribution is 2.12. The van der Waals surface area contributed by atoms with Crippen molar-refractivity contribution in [2.45, 2.75) is 59.4 Å². The Kier molecular flexibility index (Phi) is 5.64.